The number of carbonyl (C=O) groups excluding carboxylic acids is 2. The summed E-state index contributed by atoms with van der Waals surface area (Å²) in [4.78, 5) is 25.2. The third-order valence-electron chi connectivity index (χ3n) is 4.80. The zero-order valence-electron chi connectivity index (χ0n) is 15.2. The van der Waals surface area contributed by atoms with Crippen molar-refractivity contribution in [2.45, 2.75) is 26.2 Å². The van der Waals surface area contributed by atoms with Gasteiger partial charge in [0.05, 0.1) is 11.6 Å². The largest absolute Gasteiger partial charge is 0.465 e. The number of allylic oxidation sites excluding steroid dienone is 2. The highest BCUT2D eigenvalue weighted by Gasteiger charge is 2.40. The number of rotatable bonds is 4. The van der Waals surface area contributed by atoms with Gasteiger partial charge in [-0.05, 0) is 55.2 Å². The Kier molecular flexibility index (Phi) is 5.76. The summed E-state index contributed by atoms with van der Waals surface area (Å²) in [6, 6.07) is 12.2. The van der Waals surface area contributed by atoms with Gasteiger partial charge < -0.3 is 4.74 Å². The van der Waals surface area contributed by atoms with Crippen LogP contribution in [-0.2, 0) is 14.3 Å². The van der Waals surface area contributed by atoms with Gasteiger partial charge in [-0.25, -0.2) is 4.39 Å². The number of hydrogen-bond donors (Lipinski definition) is 0. The van der Waals surface area contributed by atoms with Crippen molar-refractivity contribution in [2.75, 3.05) is 6.61 Å². The molecule has 27 heavy (non-hydrogen) atoms. The van der Waals surface area contributed by atoms with Crippen LogP contribution in [-0.4, -0.2) is 18.4 Å². The average molecular weight is 387 g/mol. The summed E-state index contributed by atoms with van der Waals surface area (Å²) in [6.07, 6.45) is 1.94. The Balaban J connectivity index is 2.04. The summed E-state index contributed by atoms with van der Waals surface area (Å²) in [7, 11) is 0. The van der Waals surface area contributed by atoms with Gasteiger partial charge in [0.15, 0.2) is 5.78 Å². The molecule has 0 saturated heterocycles. The predicted octanol–water partition coefficient (Wildman–Crippen LogP) is 5.11. The number of ketones is 1. The minimum atomic E-state index is -0.986. The Morgan fingerprint density at radius 3 is 2.56 bits per heavy atom. The van der Waals surface area contributed by atoms with Crippen LogP contribution in [0.2, 0.25) is 5.02 Å². The molecule has 0 fully saturated rings. The zero-order chi connectivity index (χ0) is 19.6. The van der Waals surface area contributed by atoms with Crippen LogP contribution >= 0.6 is 11.6 Å². The molecule has 3 rings (SSSR count). The van der Waals surface area contributed by atoms with Crippen LogP contribution < -0.4 is 0 Å². The summed E-state index contributed by atoms with van der Waals surface area (Å²) in [6.45, 7) is 3.86. The van der Waals surface area contributed by atoms with Crippen molar-refractivity contribution < 1.29 is 18.7 Å². The van der Waals surface area contributed by atoms with Crippen LogP contribution in [0.3, 0.4) is 0 Å². The third kappa shape index (κ3) is 4.11. The Morgan fingerprint density at radius 2 is 1.93 bits per heavy atom. The minimum absolute atomic E-state index is 0.00266. The van der Waals surface area contributed by atoms with E-state index < -0.39 is 23.6 Å². The maximum atomic E-state index is 14.0. The Hall–Kier alpha value is -2.46. The molecule has 0 aliphatic heterocycles. The maximum Gasteiger partial charge on any atom is 0.317 e. The summed E-state index contributed by atoms with van der Waals surface area (Å²) in [5.41, 5.74) is 3.40. The third-order valence-corrected chi connectivity index (χ3v) is 5.11. The molecule has 0 radical (unpaired) electrons. The Labute approximate surface area is 162 Å². The molecular weight excluding hydrogens is 367 g/mol. The van der Waals surface area contributed by atoms with Crippen LogP contribution in [0.5, 0.6) is 0 Å². The van der Waals surface area contributed by atoms with Gasteiger partial charge in [0.1, 0.15) is 11.7 Å². The van der Waals surface area contributed by atoms with Gasteiger partial charge in [-0.3, -0.25) is 9.59 Å². The van der Waals surface area contributed by atoms with Crippen molar-refractivity contribution in [3.63, 3.8) is 0 Å². The first-order valence-electron chi connectivity index (χ1n) is 8.83. The molecule has 140 valence electrons. The fourth-order valence-electron chi connectivity index (χ4n) is 3.41. The van der Waals surface area contributed by atoms with E-state index in [9.17, 15) is 14.0 Å². The normalized spacial score (nSPS) is 19.6. The second-order valence-corrected chi connectivity index (χ2v) is 7.06. The molecule has 1 aliphatic rings. The van der Waals surface area contributed by atoms with E-state index in [2.05, 4.69) is 0 Å². The van der Waals surface area contributed by atoms with Gasteiger partial charge in [0.2, 0.25) is 0 Å². The molecule has 2 aromatic carbocycles. The molecule has 2 atom stereocenters. The number of hydrogen-bond acceptors (Lipinski definition) is 3. The number of esters is 1. The van der Waals surface area contributed by atoms with Crippen LogP contribution in [0.4, 0.5) is 4.39 Å². The molecule has 0 saturated carbocycles. The second kappa shape index (κ2) is 8.05. The van der Waals surface area contributed by atoms with E-state index in [4.69, 9.17) is 16.3 Å². The van der Waals surface area contributed by atoms with Crippen LogP contribution in [0, 0.1) is 18.7 Å². The molecule has 0 unspecified atom stereocenters. The first kappa shape index (κ1) is 19.3. The molecule has 0 spiro atoms. The highest BCUT2D eigenvalue weighted by atomic mass is 35.5. The monoisotopic (exact) mass is 386 g/mol. The van der Waals surface area contributed by atoms with Crippen molar-refractivity contribution in [2.24, 2.45) is 5.92 Å². The van der Waals surface area contributed by atoms with Gasteiger partial charge in [0, 0.05) is 5.92 Å². The maximum absolute atomic E-state index is 14.0. The smallest absolute Gasteiger partial charge is 0.317 e. The van der Waals surface area contributed by atoms with Gasteiger partial charge in [-0.2, -0.15) is 0 Å². The first-order chi connectivity index (χ1) is 12.9. The second-order valence-electron chi connectivity index (χ2n) is 6.65. The van der Waals surface area contributed by atoms with E-state index in [1.165, 1.54) is 18.2 Å². The SMILES string of the molecule is CCOC(=O)[C@@H]1C(=O)C=C(c2ccc(C)cc2)C[C@@H]1c1ccc(Cl)c(F)c1. The molecular formula is C22H20ClFO3. The lowest BCUT2D eigenvalue weighted by Crippen LogP contribution is -2.34. The van der Waals surface area contributed by atoms with Crippen molar-refractivity contribution in [1.82, 2.24) is 0 Å². The quantitative estimate of drug-likeness (QED) is 0.542. The van der Waals surface area contributed by atoms with Crippen LogP contribution in [0.1, 0.15) is 36.0 Å². The number of benzene rings is 2. The van der Waals surface area contributed by atoms with Gasteiger partial charge >= 0.3 is 5.97 Å². The summed E-state index contributed by atoms with van der Waals surface area (Å²) < 4.78 is 19.1. The first-order valence-corrected chi connectivity index (χ1v) is 9.21. The summed E-state index contributed by atoms with van der Waals surface area (Å²) in [5.74, 6) is -2.97. The van der Waals surface area contributed by atoms with E-state index in [-0.39, 0.29) is 17.4 Å². The number of ether oxygens (including phenoxy) is 1. The molecule has 0 aromatic heterocycles. The van der Waals surface area contributed by atoms with E-state index in [0.717, 1.165) is 16.7 Å². The highest BCUT2D eigenvalue weighted by molar-refractivity contribution is 6.30. The fraction of sp³-hybridized carbons (Fsp3) is 0.273. The number of carbonyl (C=O) groups is 2. The standard InChI is InChI=1S/C22H20ClFO3/c1-3-27-22(26)21-17(15-8-9-18(23)19(24)11-15)10-16(12-20(21)25)14-6-4-13(2)5-7-14/h4-9,11-12,17,21H,3,10H2,1-2H3/t17-,21+/m1/s1. The minimum Gasteiger partial charge on any atom is -0.465 e. The van der Waals surface area contributed by atoms with Gasteiger partial charge in [-0.15, -0.1) is 0 Å². The molecule has 0 N–H and O–H groups in total. The predicted molar refractivity (Wildman–Crippen MR) is 103 cm³/mol. The topological polar surface area (TPSA) is 43.4 Å². The van der Waals surface area contributed by atoms with Crippen molar-refractivity contribution >= 4 is 28.9 Å². The lowest BCUT2D eigenvalue weighted by atomic mass is 9.73. The number of aryl methyl sites for hydroxylation is 1. The van der Waals surface area contributed by atoms with E-state index in [0.29, 0.717) is 12.0 Å². The molecule has 2 aromatic rings. The lowest BCUT2D eigenvalue weighted by molar-refractivity contribution is -0.151. The molecule has 0 amide bonds. The molecule has 1 aliphatic carbocycles. The fourth-order valence-corrected chi connectivity index (χ4v) is 3.53. The molecule has 3 nitrogen and oxygen atoms in total. The van der Waals surface area contributed by atoms with Crippen molar-refractivity contribution in [1.29, 1.82) is 0 Å². The van der Waals surface area contributed by atoms with Crippen molar-refractivity contribution in [3.8, 4) is 0 Å². The molecule has 0 bridgehead atoms. The summed E-state index contributed by atoms with van der Waals surface area (Å²) in [5, 5.41) is 0.00266. The van der Waals surface area contributed by atoms with Crippen molar-refractivity contribution in [3.05, 3.63) is 76.1 Å². The average Bonchev–Trinajstić information content (AvgIpc) is 2.64. The van der Waals surface area contributed by atoms with E-state index >= 15 is 0 Å². The van der Waals surface area contributed by atoms with Crippen LogP contribution in [0.25, 0.3) is 5.57 Å². The Morgan fingerprint density at radius 1 is 1.22 bits per heavy atom. The van der Waals surface area contributed by atoms with Gasteiger partial charge in [0.25, 0.3) is 0 Å². The molecule has 0 heterocycles. The highest BCUT2D eigenvalue weighted by Crippen LogP contribution is 2.41. The zero-order valence-corrected chi connectivity index (χ0v) is 15.9. The van der Waals surface area contributed by atoms with E-state index in [1.807, 2.05) is 31.2 Å². The van der Waals surface area contributed by atoms with Crippen LogP contribution in [0.15, 0.2) is 48.5 Å². The Bertz CT molecular complexity index is 902. The summed E-state index contributed by atoms with van der Waals surface area (Å²) >= 11 is 5.79. The van der Waals surface area contributed by atoms with E-state index in [1.54, 1.807) is 13.0 Å². The lowest BCUT2D eigenvalue weighted by Gasteiger charge is -2.29. The number of halogens is 2. The molecule has 5 heteroatoms. The van der Waals surface area contributed by atoms with Gasteiger partial charge in [-0.1, -0.05) is 47.5 Å².